The number of carboxylic acid groups (broad SMARTS) is 1. The summed E-state index contributed by atoms with van der Waals surface area (Å²) < 4.78 is 1.93. The highest BCUT2D eigenvalue weighted by Crippen LogP contribution is 2.29. The van der Waals surface area contributed by atoms with Crippen LogP contribution >= 0.6 is 11.6 Å². The number of halogens is 1. The number of aromatic nitrogens is 2. The quantitative estimate of drug-likeness (QED) is 0.443. The maximum atomic E-state index is 13.1. The monoisotopic (exact) mass is 435 g/mol. The Kier molecular flexibility index (Phi) is 5.65. The van der Waals surface area contributed by atoms with Gasteiger partial charge in [-0.1, -0.05) is 43.6 Å². The normalized spacial score (nSPS) is 12.4. The Hall–Kier alpha value is -3.38. The lowest BCUT2D eigenvalue weighted by Gasteiger charge is -2.16. The molecule has 0 bridgehead atoms. The van der Waals surface area contributed by atoms with Crippen molar-refractivity contribution in [2.75, 3.05) is 0 Å². The molecule has 0 saturated carbocycles. The molecule has 31 heavy (non-hydrogen) atoms. The molecule has 0 unspecified atom stereocenters. The maximum Gasteiger partial charge on any atom is 0.326 e. The predicted octanol–water partition coefficient (Wildman–Crippen LogP) is 5.06. The van der Waals surface area contributed by atoms with E-state index in [-0.39, 0.29) is 5.92 Å². The lowest BCUT2D eigenvalue weighted by Crippen LogP contribution is -2.41. The molecule has 1 amide bonds. The fourth-order valence-corrected chi connectivity index (χ4v) is 3.97. The Labute approximate surface area is 184 Å². The van der Waals surface area contributed by atoms with Crippen molar-refractivity contribution < 1.29 is 14.7 Å². The first-order chi connectivity index (χ1) is 14.8. The van der Waals surface area contributed by atoms with Crippen molar-refractivity contribution in [1.29, 1.82) is 0 Å². The molecule has 0 aliphatic heterocycles. The van der Waals surface area contributed by atoms with E-state index in [0.717, 1.165) is 27.5 Å². The maximum absolute atomic E-state index is 13.1. The smallest absolute Gasteiger partial charge is 0.326 e. The number of rotatable bonds is 6. The SMILES string of the molecule is CC(C)C[C@H](NC(=O)c1cn(-c2ccnc3cc(Cl)ccc23)c2ccccc12)C(=O)O. The van der Waals surface area contributed by atoms with Crippen LogP contribution in [-0.2, 0) is 4.79 Å². The van der Waals surface area contributed by atoms with Crippen LogP contribution in [0.25, 0.3) is 27.5 Å². The first-order valence-electron chi connectivity index (χ1n) is 10.0. The summed E-state index contributed by atoms with van der Waals surface area (Å²) in [6.07, 6.45) is 3.80. The fourth-order valence-electron chi connectivity index (χ4n) is 3.81. The van der Waals surface area contributed by atoms with Gasteiger partial charge >= 0.3 is 5.97 Å². The Morgan fingerprint density at radius 1 is 1.13 bits per heavy atom. The standard InChI is InChI=1S/C24H22ClN3O3/c1-14(2)11-20(24(30)31)27-23(29)18-13-28(21-6-4-3-5-16(18)21)22-9-10-26-19-12-15(25)7-8-17(19)22/h3-10,12-14,20H,11H2,1-2H3,(H,27,29)(H,30,31)/t20-/m0/s1. The molecule has 0 saturated heterocycles. The number of nitrogens with zero attached hydrogens (tertiary/aromatic N) is 2. The van der Waals surface area contributed by atoms with E-state index in [1.165, 1.54) is 0 Å². The lowest BCUT2D eigenvalue weighted by molar-refractivity contribution is -0.139. The first-order valence-corrected chi connectivity index (χ1v) is 10.4. The summed E-state index contributed by atoms with van der Waals surface area (Å²) in [7, 11) is 0. The zero-order valence-corrected chi connectivity index (χ0v) is 17.9. The number of carbonyl (C=O) groups excluding carboxylic acids is 1. The Morgan fingerprint density at radius 2 is 1.90 bits per heavy atom. The second kappa shape index (κ2) is 8.40. The number of carboxylic acids is 1. The summed E-state index contributed by atoms with van der Waals surface area (Å²) in [5, 5.41) is 14.4. The number of aliphatic carboxylic acids is 1. The molecular formula is C24H22ClN3O3. The molecule has 4 rings (SSSR count). The molecule has 2 aromatic heterocycles. The number of amides is 1. The van der Waals surface area contributed by atoms with Crippen molar-refractivity contribution in [3.8, 4) is 5.69 Å². The number of fused-ring (bicyclic) bond motifs is 2. The molecule has 0 aliphatic rings. The van der Waals surface area contributed by atoms with E-state index in [9.17, 15) is 14.7 Å². The van der Waals surface area contributed by atoms with Crippen molar-refractivity contribution in [3.63, 3.8) is 0 Å². The van der Waals surface area contributed by atoms with Gasteiger partial charge < -0.3 is 15.0 Å². The molecule has 2 heterocycles. The van der Waals surface area contributed by atoms with E-state index in [4.69, 9.17) is 11.6 Å². The summed E-state index contributed by atoms with van der Waals surface area (Å²) in [5.41, 5.74) is 2.86. The summed E-state index contributed by atoms with van der Waals surface area (Å²) >= 11 is 6.12. The predicted molar refractivity (Wildman–Crippen MR) is 122 cm³/mol. The zero-order chi connectivity index (χ0) is 22.1. The minimum Gasteiger partial charge on any atom is -0.480 e. The van der Waals surface area contributed by atoms with Gasteiger partial charge in [-0.05, 0) is 42.7 Å². The van der Waals surface area contributed by atoms with E-state index < -0.39 is 17.9 Å². The van der Waals surface area contributed by atoms with E-state index in [0.29, 0.717) is 17.0 Å². The largest absolute Gasteiger partial charge is 0.480 e. The highest BCUT2D eigenvalue weighted by Gasteiger charge is 2.24. The second-order valence-electron chi connectivity index (χ2n) is 7.92. The number of nitrogens with one attached hydrogen (secondary N) is 1. The van der Waals surface area contributed by atoms with Gasteiger partial charge in [0.2, 0.25) is 0 Å². The molecular weight excluding hydrogens is 414 g/mol. The average Bonchev–Trinajstić information content (AvgIpc) is 3.12. The fraction of sp³-hybridized carbons (Fsp3) is 0.208. The van der Waals surface area contributed by atoms with Crippen LogP contribution in [0.3, 0.4) is 0 Å². The van der Waals surface area contributed by atoms with Gasteiger partial charge in [0.1, 0.15) is 6.04 Å². The van der Waals surface area contributed by atoms with Gasteiger partial charge in [-0.2, -0.15) is 0 Å². The summed E-state index contributed by atoms with van der Waals surface area (Å²) in [6, 6.07) is 14.0. The lowest BCUT2D eigenvalue weighted by atomic mass is 10.0. The van der Waals surface area contributed by atoms with Crippen LogP contribution in [0.15, 0.2) is 60.9 Å². The molecule has 0 radical (unpaired) electrons. The van der Waals surface area contributed by atoms with Crippen LogP contribution in [0, 0.1) is 5.92 Å². The van der Waals surface area contributed by atoms with Crippen molar-refractivity contribution in [3.05, 3.63) is 71.5 Å². The zero-order valence-electron chi connectivity index (χ0n) is 17.2. The first kappa shape index (κ1) is 20.9. The molecule has 0 fully saturated rings. The third-order valence-electron chi connectivity index (χ3n) is 5.21. The van der Waals surface area contributed by atoms with Crippen LogP contribution in [0.5, 0.6) is 0 Å². The van der Waals surface area contributed by atoms with Crippen LogP contribution in [0.1, 0.15) is 30.6 Å². The number of para-hydroxylation sites is 1. The number of benzene rings is 2. The van der Waals surface area contributed by atoms with Gasteiger partial charge in [0, 0.05) is 28.2 Å². The number of pyridine rings is 1. The third-order valence-corrected chi connectivity index (χ3v) is 5.44. The highest BCUT2D eigenvalue weighted by atomic mass is 35.5. The van der Waals surface area contributed by atoms with Crippen molar-refractivity contribution >= 4 is 45.3 Å². The molecule has 2 aromatic carbocycles. The van der Waals surface area contributed by atoms with E-state index in [1.807, 2.05) is 54.8 Å². The van der Waals surface area contributed by atoms with Gasteiger partial charge in [-0.25, -0.2) is 4.79 Å². The van der Waals surface area contributed by atoms with Gasteiger partial charge in [0.15, 0.2) is 0 Å². The topological polar surface area (TPSA) is 84.2 Å². The van der Waals surface area contributed by atoms with Gasteiger partial charge in [0.25, 0.3) is 5.91 Å². The molecule has 6 nitrogen and oxygen atoms in total. The van der Waals surface area contributed by atoms with Gasteiger partial charge in [0.05, 0.1) is 22.3 Å². The number of hydrogen-bond donors (Lipinski definition) is 2. The van der Waals surface area contributed by atoms with Crippen LogP contribution in [0.2, 0.25) is 5.02 Å². The number of carbonyl (C=O) groups is 2. The molecule has 158 valence electrons. The molecule has 2 N–H and O–H groups in total. The van der Waals surface area contributed by atoms with Gasteiger partial charge in [-0.3, -0.25) is 9.78 Å². The van der Waals surface area contributed by atoms with E-state index in [1.54, 1.807) is 24.5 Å². The second-order valence-corrected chi connectivity index (χ2v) is 8.35. The molecule has 0 spiro atoms. The summed E-state index contributed by atoms with van der Waals surface area (Å²) in [4.78, 5) is 29.1. The van der Waals surface area contributed by atoms with Crippen LogP contribution in [-0.4, -0.2) is 32.6 Å². The third kappa shape index (κ3) is 4.11. The molecule has 1 atom stereocenters. The van der Waals surface area contributed by atoms with Crippen molar-refractivity contribution in [2.45, 2.75) is 26.3 Å². The van der Waals surface area contributed by atoms with Crippen LogP contribution in [0.4, 0.5) is 0 Å². The molecule has 0 aliphatic carbocycles. The Morgan fingerprint density at radius 3 is 2.65 bits per heavy atom. The van der Waals surface area contributed by atoms with Crippen molar-refractivity contribution in [1.82, 2.24) is 14.9 Å². The van der Waals surface area contributed by atoms with E-state index in [2.05, 4.69) is 10.3 Å². The minimum atomic E-state index is -1.04. The Bertz CT molecular complexity index is 1300. The van der Waals surface area contributed by atoms with Crippen molar-refractivity contribution in [2.24, 2.45) is 5.92 Å². The van der Waals surface area contributed by atoms with E-state index >= 15 is 0 Å². The molecule has 7 heteroatoms. The number of hydrogen-bond acceptors (Lipinski definition) is 3. The average molecular weight is 436 g/mol. The highest BCUT2D eigenvalue weighted by molar-refractivity contribution is 6.31. The van der Waals surface area contributed by atoms with Gasteiger partial charge in [-0.15, -0.1) is 0 Å². The summed E-state index contributed by atoms with van der Waals surface area (Å²) in [5.74, 6) is -1.31. The van der Waals surface area contributed by atoms with Crippen LogP contribution < -0.4 is 5.32 Å². The Balaban J connectivity index is 1.82. The molecule has 4 aromatic rings. The minimum absolute atomic E-state index is 0.137. The summed E-state index contributed by atoms with van der Waals surface area (Å²) in [6.45, 7) is 3.85.